The number of pyridine rings is 1. The molecule has 1 atom stereocenters. The number of nitrogens with two attached hydrogens (primary N) is 2. The van der Waals surface area contributed by atoms with Crippen molar-refractivity contribution in [2.75, 3.05) is 19.6 Å². The van der Waals surface area contributed by atoms with Crippen LogP contribution in [0.3, 0.4) is 0 Å². The van der Waals surface area contributed by atoms with Gasteiger partial charge in [0.05, 0.1) is 5.56 Å². The fourth-order valence-electron chi connectivity index (χ4n) is 2.32. The second kappa shape index (κ2) is 9.13. The molecule has 2 amide bonds. The van der Waals surface area contributed by atoms with Gasteiger partial charge in [-0.15, -0.1) is 0 Å². The Hall–Kier alpha value is -2.69. The number of halogens is 3. The van der Waals surface area contributed by atoms with E-state index >= 15 is 0 Å². The molecule has 1 aliphatic heterocycles. The lowest BCUT2D eigenvalue weighted by molar-refractivity contribution is -0.192. The first-order valence-electron chi connectivity index (χ1n) is 7.61. The summed E-state index contributed by atoms with van der Waals surface area (Å²) in [5, 5.41) is 7.12. The molecule has 2 heterocycles. The fraction of sp³-hybridized carbons (Fsp3) is 0.467. The van der Waals surface area contributed by atoms with Crippen molar-refractivity contribution in [3.63, 3.8) is 0 Å². The predicted molar refractivity (Wildman–Crippen MR) is 84.1 cm³/mol. The van der Waals surface area contributed by atoms with Crippen LogP contribution in [0.25, 0.3) is 0 Å². The molecule has 0 spiro atoms. The number of carbonyl (C=O) groups excluding carboxylic acids is 2. The van der Waals surface area contributed by atoms with E-state index in [4.69, 9.17) is 21.4 Å². The molecule has 5 N–H and O–H groups in total. The molecule has 1 aromatic rings. The van der Waals surface area contributed by atoms with Crippen LogP contribution >= 0.6 is 0 Å². The maximum absolute atomic E-state index is 12.2. The van der Waals surface area contributed by atoms with Gasteiger partial charge in [0, 0.05) is 19.3 Å². The second-order valence-corrected chi connectivity index (χ2v) is 5.58. The molecular formula is C15H19F3N4O4. The molecule has 144 valence electrons. The number of likely N-dealkylation sites (tertiary alicyclic amines) is 1. The highest BCUT2D eigenvalue weighted by Crippen LogP contribution is 2.20. The first-order chi connectivity index (χ1) is 12.1. The third-order valence-corrected chi connectivity index (χ3v) is 3.66. The Labute approximate surface area is 147 Å². The first-order valence-corrected chi connectivity index (χ1v) is 7.61. The van der Waals surface area contributed by atoms with E-state index in [9.17, 15) is 22.8 Å². The van der Waals surface area contributed by atoms with Gasteiger partial charge in [-0.05, 0) is 37.4 Å². The van der Waals surface area contributed by atoms with Crippen LogP contribution in [-0.2, 0) is 4.79 Å². The van der Waals surface area contributed by atoms with Crippen molar-refractivity contribution in [2.24, 2.45) is 17.4 Å². The number of hydrogen-bond donors (Lipinski definition) is 3. The molecule has 1 saturated heterocycles. The third kappa shape index (κ3) is 6.31. The number of aliphatic carboxylic acids is 1. The molecule has 26 heavy (non-hydrogen) atoms. The van der Waals surface area contributed by atoms with Crippen LogP contribution in [0.2, 0.25) is 0 Å². The van der Waals surface area contributed by atoms with Crippen molar-refractivity contribution in [1.29, 1.82) is 0 Å². The van der Waals surface area contributed by atoms with Gasteiger partial charge in [0.25, 0.3) is 5.91 Å². The largest absolute Gasteiger partial charge is 0.490 e. The molecule has 11 heteroatoms. The van der Waals surface area contributed by atoms with Gasteiger partial charge in [-0.2, -0.15) is 13.2 Å². The number of carboxylic acid groups (broad SMARTS) is 1. The highest BCUT2D eigenvalue weighted by Gasteiger charge is 2.38. The average Bonchev–Trinajstić information content (AvgIpc) is 3.03. The number of carbonyl (C=O) groups is 3. The summed E-state index contributed by atoms with van der Waals surface area (Å²) in [4.78, 5) is 37.8. The van der Waals surface area contributed by atoms with E-state index in [1.807, 2.05) is 0 Å². The summed E-state index contributed by atoms with van der Waals surface area (Å²) in [5.74, 6) is -2.92. The van der Waals surface area contributed by atoms with Crippen molar-refractivity contribution < 1.29 is 32.7 Å². The van der Waals surface area contributed by atoms with Gasteiger partial charge in [-0.3, -0.25) is 14.6 Å². The number of alkyl halides is 3. The number of hydrogen-bond acceptors (Lipinski definition) is 5. The van der Waals surface area contributed by atoms with Crippen LogP contribution in [0.5, 0.6) is 0 Å². The van der Waals surface area contributed by atoms with Crippen LogP contribution in [0, 0.1) is 5.92 Å². The van der Waals surface area contributed by atoms with E-state index in [0.717, 1.165) is 25.9 Å². The van der Waals surface area contributed by atoms with Gasteiger partial charge >= 0.3 is 12.1 Å². The van der Waals surface area contributed by atoms with Crippen LogP contribution in [0.15, 0.2) is 18.3 Å². The quantitative estimate of drug-likeness (QED) is 0.704. The number of nitrogens with zero attached hydrogens (tertiary/aromatic N) is 2. The predicted octanol–water partition coefficient (Wildman–Crippen LogP) is 0.625. The number of carboxylic acids is 1. The third-order valence-electron chi connectivity index (χ3n) is 3.66. The molecule has 2 rings (SSSR count). The van der Waals surface area contributed by atoms with Crippen molar-refractivity contribution in [2.45, 2.75) is 19.0 Å². The first kappa shape index (κ1) is 21.4. The summed E-state index contributed by atoms with van der Waals surface area (Å²) in [6.45, 7) is 2.12. The minimum atomic E-state index is -5.08. The molecule has 8 nitrogen and oxygen atoms in total. The minimum absolute atomic E-state index is 0.101. The van der Waals surface area contributed by atoms with Gasteiger partial charge in [0.2, 0.25) is 5.91 Å². The number of aromatic nitrogens is 1. The van der Waals surface area contributed by atoms with E-state index < -0.39 is 18.1 Å². The summed E-state index contributed by atoms with van der Waals surface area (Å²) in [6, 6.07) is 3.06. The van der Waals surface area contributed by atoms with Gasteiger partial charge in [0.15, 0.2) is 0 Å². The van der Waals surface area contributed by atoms with Gasteiger partial charge in [0.1, 0.15) is 5.69 Å². The highest BCUT2D eigenvalue weighted by molar-refractivity contribution is 5.95. The molecule has 0 saturated carbocycles. The smallest absolute Gasteiger partial charge is 0.475 e. The Morgan fingerprint density at radius 1 is 1.31 bits per heavy atom. The molecule has 1 unspecified atom stereocenters. The SMILES string of the molecule is NCCC1CCN(C(=O)c2ccc(C(N)=O)cn2)C1.O=C(O)C(F)(F)F. The van der Waals surface area contributed by atoms with Gasteiger partial charge in [-0.1, -0.05) is 0 Å². The fourth-order valence-corrected chi connectivity index (χ4v) is 2.32. The zero-order chi connectivity index (χ0) is 19.9. The van der Waals surface area contributed by atoms with Gasteiger partial charge in [-0.25, -0.2) is 4.79 Å². The minimum Gasteiger partial charge on any atom is -0.475 e. The Balaban J connectivity index is 0.000000412. The van der Waals surface area contributed by atoms with Crippen molar-refractivity contribution in [3.8, 4) is 0 Å². The lowest BCUT2D eigenvalue weighted by Crippen LogP contribution is -2.29. The normalized spacial score (nSPS) is 16.6. The lowest BCUT2D eigenvalue weighted by atomic mass is 10.1. The lowest BCUT2D eigenvalue weighted by Gasteiger charge is -2.15. The zero-order valence-electron chi connectivity index (χ0n) is 13.7. The maximum atomic E-state index is 12.2. The van der Waals surface area contributed by atoms with E-state index in [0.29, 0.717) is 23.7 Å². The molecule has 1 aromatic heterocycles. The summed E-state index contributed by atoms with van der Waals surface area (Å²) < 4.78 is 31.7. The maximum Gasteiger partial charge on any atom is 0.490 e. The molecule has 0 bridgehead atoms. The monoisotopic (exact) mass is 376 g/mol. The van der Waals surface area contributed by atoms with E-state index in [-0.39, 0.29) is 5.91 Å². The molecule has 1 aliphatic rings. The van der Waals surface area contributed by atoms with Crippen LogP contribution in [-0.4, -0.2) is 58.6 Å². The van der Waals surface area contributed by atoms with E-state index in [1.165, 1.54) is 12.3 Å². The Bertz CT molecular complexity index is 649. The molecule has 1 fully saturated rings. The standard InChI is InChI=1S/C13H18N4O2.C2HF3O2/c14-5-3-9-4-6-17(8-9)13(19)11-2-1-10(7-16-11)12(15)18;3-2(4,5)1(6)7/h1-2,7,9H,3-6,8,14H2,(H2,15,18);(H,6,7). The number of amides is 2. The Morgan fingerprint density at radius 3 is 2.35 bits per heavy atom. The molecular weight excluding hydrogens is 357 g/mol. The number of rotatable bonds is 4. The Kier molecular flexibility index (Phi) is 7.50. The van der Waals surface area contributed by atoms with Crippen molar-refractivity contribution >= 4 is 17.8 Å². The van der Waals surface area contributed by atoms with Crippen LogP contribution in [0.4, 0.5) is 13.2 Å². The van der Waals surface area contributed by atoms with E-state index in [2.05, 4.69) is 4.98 Å². The Morgan fingerprint density at radius 2 is 1.92 bits per heavy atom. The average molecular weight is 376 g/mol. The van der Waals surface area contributed by atoms with Gasteiger partial charge < -0.3 is 21.5 Å². The molecule has 0 radical (unpaired) electrons. The number of primary amides is 1. The molecule has 0 aliphatic carbocycles. The van der Waals surface area contributed by atoms with Crippen molar-refractivity contribution in [3.05, 3.63) is 29.6 Å². The van der Waals surface area contributed by atoms with Crippen LogP contribution < -0.4 is 11.5 Å². The summed E-state index contributed by atoms with van der Waals surface area (Å²) >= 11 is 0. The van der Waals surface area contributed by atoms with Crippen LogP contribution in [0.1, 0.15) is 33.7 Å². The van der Waals surface area contributed by atoms with Crippen molar-refractivity contribution in [1.82, 2.24) is 9.88 Å². The summed E-state index contributed by atoms with van der Waals surface area (Å²) in [5.41, 5.74) is 11.3. The summed E-state index contributed by atoms with van der Waals surface area (Å²) in [6.07, 6.45) is -1.82. The second-order valence-electron chi connectivity index (χ2n) is 5.58. The van der Waals surface area contributed by atoms with E-state index in [1.54, 1.807) is 11.0 Å². The zero-order valence-corrected chi connectivity index (χ0v) is 13.7. The topological polar surface area (TPSA) is 140 Å². The molecule has 0 aromatic carbocycles. The highest BCUT2D eigenvalue weighted by atomic mass is 19.4. The summed E-state index contributed by atoms with van der Waals surface area (Å²) in [7, 11) is 0.